The van der Waals surface area contributed by atoms with Crippen molar-refractivity contribution in [2.45, 2.75) is 0 Å². The van der Waals surface area contributed by atoms with Crippen LogP contribution in [0.5, 0.6) is 0 Å². The minimum Gasteiger partial charge on any atom is -0.274 e. The zero-order valence-corrected chi connectivity index (χ0v) is 8.90. The average molecular weight is 221 g/mol. The summed E-state index contributed by atoms with van der Waals surface area (Å²) < 4.78 is 1.64. The van der Waals surface area contributed by atoms with Crippen molar-refractivity contribution in [1.29, 1.82) is 0 Å². The van der Waals surface area contributed by atoms with Gasteiger partial charge in [0.15, 0.2) is 0 Å². The zero-order chi connectivity index (χ0) is 10.8. The second kappa shape index (κ2) is 3.87. The lowest BCUT2D eigenvalue weighted by molar-refractivity contribution is 0.107. The Morgan fingerprint density at radius 2 is 2.00 bits per heavy atom. The summed E-state index contributed by atoms with van der Waals surface area (Å²) in [6.45, 7) is 0. The lowest BCUT2D eigenvalue weighted by Gasteiger charge is -1.99. The maximum Gasteiger partial charge on any atom is 0.272 e. The van der Waals surface area contributed by atoms with E-state index in [1.807, 2.05) is 30.3 Å². The second-order valence-corrected chi connectivity index (χ2v) is 3.52. The summed E-state index contributed by atoms with van der Waals surface area (Å²) in [6, 6.07) is 11.4. The molecule has 0 saturated carbocycles. The van der Waals surface area contributed by atoms with Crippen molar-refractivity contribution < 1.29 is 4.79 Å². The molecule has 0 N–H and O–H groups in total. The highest BCUT2D eigenvalue weighted by Gasteiger charge is 2.11. The molecule has 0 fully saturated rings. The van der Waals surface area contributed by atoms with E-state index in [-0.39, 0.29) is 5.69 Å². The maximum atomic E-state index is 10.9. The zero-order valence-electron chi connectivity index (χ0n) is 8.14. The Balaban J connectivity index is 2.50. The van der Waals surface area contributed by atoms with Crippen LogP contribution in [-0.4, -0.2) is 15.0 Å². The van der Waals surface area contributed by atoms with Crippen molar-refractivity contribution in [2.24, 2.45) is 7.05 Å². The average Bonchev–Trinajstić information content (AvgIpc) is 2.62. The predicted molar refractivity (Wildman–Crippen MR) is 58.8 cm³/mol. The number of rotatable bonds is 2. The van der Waals surface area contributed by atoms with Gasteiger partial charge in [-0.15, -0.1) is 0 Å². The Labute approximate surface area is 92.3 Å². The highest BCUT2D eigenvalue weighted by molar-refractivity contribution is 6.67. The van der Waals surface area contributed by atoms with Gasteiger partial charge in [-0.1, -0.05) is 30.3 Å². The molecule has 1 aromatic carbocycles. The first kappa shape index (κ1) is 9.93. The number of hydrogen-bond acceptors (Lipinski definition) is 2. The molecule has 76 valence electrons. The monoisotopic (exact) mass is 220 g/mol. The number of aromatic nitrogens is 2. The first-order chi connectivity index (χ1) is 7.18. The van der Waals surface area contributed by atoms with Gasteiger partial charge < -0.3 is 0 Å². The maximum absolute atomic E-state index is 10.9. The van der Waals surface area contributed by atoms with Gasteiger partial charge in [0.1, 0.15) is 5.69 Å². The van der Waals surface area contributed by atoms with Gasteiger partial charge in [0.25, 0.3) is 5.24 Å². The lowest BCUT2D eigenvalue weighted by atomic mass is 10.1. The number of hydrogen-bond donors (Lipinski definition) is 0. The fourth-order valence-corrected chi connectivity index (χ4v) is 1.53. The van der Waals surface area contributed by atoms with Gasteiger partial charge in [0, 0.05) is 7.05 Å². The van der Waals surface area contributed by atoms with Crippen LogP contribution >= 0.6 is 11.6 Å². The number of carbonyl (C=O) groups is 1. The van der Waals surface area contributed by atoms with Crippen LogP contribution in [0.3, 0.4) is 0 Å². The molecule has 1 aromatic heterocycles. The topological polar surface area (TPSA) is 34.9 Å². The van der Waals surface area contributed by atoms with Crippen LogP contribution in [0, 0.1) is 0 Å². The molecule has 0 unspecified atom stereocenters. The molecule has 0 amide bonds. The fourth-order valence-electron chi connectivity index (χ4n) is 1.44. The SMILES string of the molecule is Cn1nc(C(=O)Cl)cc1-c1ccccc1. The number of aryl methyl sites for hydroxylation is 1. The van der Waals surface area contributed by atoms with Crippen LogP contribution in [0.25, 0.3) is 11.3 Å². The van der Waals surface area contributed by atoms with E-state index in [0.29, 0.717) is 0 Å². The van der Waals surface area contributed by atoms with Crippen molar-refractivity contribution in [1.82, 2.24) is 9.78 Å². The van der Waals surface area contributed by atoms with Crippen molar-refractivity contribution in [2.75, 3.05) is 0 Å². The Hall–Kier alpha value is -1.61. The molecule has 0 bridgehead atoms. The molecule has 2 rings (SSSR count). The minimum atomic E-state index is -0.534. The van der Waals surface area contributed by atoms with Crippen molar-refractivity contribution in [3.8, 4) is 11.3 Å². The van der Waals surface area contributed by atoms with Crippen molar-refractivity contribution in [3.05, 3.63) is 42.1 Å². The molecular weight excluding hydrogens is 212 g/mol. The van der Waals surface area contributed by atoms with Crippen LogP contribution in [0.15, 0.2) is 36.4 Å². The third-order valence-electron chi connectivity index (χ3n) is 2.15. The normalized spacial score (nSPS) is 10.3. The molecule has 0 spiro atoms. The lowest BCUT2D eigenvalue weighted by Crippen LogP contribution is -1.95. The van der Waals surface area contributed by atoms with Gasteiger partial charge in [0.2, 0.25) is 0 Å². The molecule has 0 aliphatic heterocycles. The summed E-state index contributed by atoms with van der Waals surface area (Å²) in [5.41, 5.74) is 2.16. The molecule has 0 aliphatic rings. The number of nitrogens with zero attached hydrogens (tertiary/aromatic N) is 2. The molecule has 1 heterocycles. The third kappa shape index (κ3) is 1.92. The smallest absolute Gasteiger partial charge is 0.272 e. The number of carbonyl (C=O) groups excluding carboxylic acids is 1. The van der Waals surface area contributed by atoms with Gasteiger partial charge in [-0.05, 0) is 23.2 Å². The molecule has 0 aliphatic carbocycles. The molecule has 0 radical (unpaired) electrons. The summed E-state index contributed by atoms with van der Waals surface area (Å²) in [7, 11) is 1.78. The highest BCUT2D eigenvalue weighted by Crippen LogP contribution is 2.19. The summed E-state index contributed by atoms with van der Waals surface area (Å²) in [6.07, 6.45) is 0. The molecule has 3 nitrogen and oxygen atoms in total. The van der Waals surface area contributed by atoms with E-state index >= 15 is 0 Å². The van der Waals surface area contributed by atoms with Crippen LogP contribution < -0.4 is 0 Å². The predicted octanol–water partition coefficient (Wildman–Crippen LogP) is 2.47. The second-order valence-electron chi connectivity index (χ2n) is 3.18. The van der Waals surface area contributed by atoms with Gasteiger partial charge in [-0.2, -0.15) is 5.10 Å². The first-order valence-corrected chi connectivity index (χ1v) is 4.85. The van der Waals surface area contributed by atoms with E-state index in [4.69, 9.17) is 11.6 Å². The Kier molecular flexibility index (Phi) is 2.56. The van der Waals surface area contributed by atoms with Gasteiger partial charge >= 0.3 is 0 Å². The fraction of sp³-hybridized carbons (Fsp3) is 0.0909. The first-order valence-electron chi connectivity index (χ1n) is 4.48. The Morgan fingerprint density at radius 1 is 1.33 bits per heavy atom. The Bertz CT molecular complexity index is 491. The molecule has 0 saturated heterocycles. The molecule has 0 atom stereocenters. The van der Waals surface area contributed by atoms with E-state index in [2.05, 4.69) is 5.10 Å². The van der Waals surface area contributed by atoms with Crippen molar-refractivity contribution in [3.63, 3.8) is 0 Å². The Morgan fingerprint density at radius 3 is 2.53 bits per heavy atom. The number of benzene rings is 1. The molecule has 15 heavy (non-hydrogen) atoms. The van der Waals surface area contributed by atoms with Crippen LogP contribution in [0.1, 0.15) is 10.5 Å². The van der Waals surface area contributed by atoms with Crippen molar-refractivity contribution >= 4 is 16.8 Å². The summed E-state index contributed by atoms with van der Waals surface area (Å²) in [5, 5.41) is 3.49. The third-order valence-corrected chi connectivity index (χ3v) is 2.34. The van der Waals surface area contributed by atoms with Gasteiger partial charge in [-0.25, -0.2) is 0 Å². The summed E-state index contributed by atoms with van der Waals surface area (Å²) >= 11 is 5.36. The van der Waals surface area contributed by atoms with E-state index in [1.54, 1.807) is 17.8 Å². The number of halogens is 1. The van der Waals surface area contributed by atoms with Crippen LogP contribution in [-0.2, 0) is 7.05 Å². The highest BCUT2D eigenvalue weighted by atomic mass is 35.5. The molecule has 2 aromatic rings. The van der Waals surface area contributed by atoms with E-state index in [1.165, 1.54) is 0 Å². The minimum absolute atomic E-state index is 0.276. The van der Waals surface area contributed by atoms with E-state index in [9.17, 15) is 4.79 Å². The van der Waals surface area contributed by atoms with Crippen LogP contribution in [0.4, 0.5) is 0 Å². The molecule has 4 heteroatoms. The standard InChI is InChI=1S/C11H9ClN2O/c1-14-10(7-9(13-14)11(12)15)8-5-3-2-4-6-8/h2-7H,1H3. The molecular formula is C11H9ClN2O. The van der Waals surface area contributed by atoms with Gasteiger partial charge in [-0.3, -0.25) is 9.48 Å². The largest absolute Gasteiger partial charge is 0.274 e. The summed E-state index contributed by atoms with van der Waals surface area (Å²) in [4.78, 5) is 10.9. The van der Waals surface area contributed by atoms with Crippen LogP contribution in [0.2, 0.25) is 0 Å². The van der Waals surface area contributed by atoms with E-state index in [0.717, 1.165) is 11.3 Å². The van der Waals surface area contributed by atoms with Gasteiger partial charge in [0.05, 0.1) is 5.69 Å². The summed E-state index contributed by atoms with van der Waals surface area (Å²) in [5.74, 6) is 0. The quantitative estimate of drug-likeness (QED) is 0.729. The van der Waals surface area contributed by atoms with E-state index < -0.39 is 5.24 Å².